The highest BCUT2D eigenvalue weighted by Crippen LogP contribution is 2.38. The lowest BCUT2D eigenvalue weighted by Gasteiger charge is -2.36. The molecule has 92 valence electrons. The molecule has 3 nitrogen and oxygen atoms in total. The maximum absolute atomic E-state index is 6.24. The zero-order valence-electron chi connectivity index (χ0n) is 9.67. The second-order valence-corrected chi connectivity index (χ2v) is 5.15. The number of hydrogen-bond donors (Lipinski definition) is 1. The second-order valence-electron chi connectivity index (χ2n) is 4.71. The van der Waals surface area contributed by atoms with Crippen molar-refractivity contribution in [3.63, 3.8) is 0 Å². The van der Waals surface area contributed by atoms with Crippen LogP contribution in [-0.2, 0) is 4.74 Å². The first-order valence-corrected chi connectivity index (χ1v) is 6.45. The first-order chi connectivity index (χ1) is 8.27. The molecule has 0 atom stereocenters. The summed E-state index contributed by atoms with van der Waals surface area (Å²) in [4.78, 5) is 0. The number of fused-ring (bicyclic) bond motifs is 1. The molecule has 2 aliphatic heterocycles. The monoisotopic (exact) mass is 253 g/mol. The van der Waals surface area contributed by atoms with E-state index < -0.39 is 0 Å². The predicted octanol–water partition coefficient (Wildman–Crippen LogP) is 3.08. The van der Waals surface area contributed by atoms with Crippen molar-refractivity contribution in [1.82, 2.24) is 0 Å². The van der Waals surface area contributed by atoms with Crippen LogP contribution < -0.4 is 10.1 Å². The van der Waals surface area contributed by atoms with Crippen molar-refractivity contribution < 1.29 is 9.47 Å². The van der Waals surface area contributed by atoms with Crippen molar-refractivity contribution in [3.8, 4) is 5.75 Å². The van der Waals surface area contributed by atoms with Crippen LogP contribution in [0.4, 0.5) is 5.69 Å². The lowest BCUT2D eigenvalue weighted by Crippen LogP contribution is -2.42. The molecule has 0 aliphatic carbocycles. The van der Waals surface area contributed by atoms with Crippen molar-refractivity contribution in [1.29, 1.82) is 0 Å². The first-order valence-electron chi connectivity index (χ1n) is 6.08. The molecular formula is C13H16ClNO2. The van der Waals surface area contributed by atoms with Crippen LogP contribution in [0.3, 0.4) is 0 Å². The van der Waals surface area contributed by atoms with Crippen LogP contribution in [0.1, 0.15) is 19.3 Å². The van der Waals surface area contributed by atoms with E-state index >= 15 is 0 Å². The molecule has 3 rings (SSSR count). The SMILES string of the molecule is Clc1ccc2c(c1)NCCC1(CCOCC1)O2. The molecule has 0 bridgehead atoms. The third-order valence-electron chi connectivity index (χ3n) is 3.57. The average molecular weight is 254 g/mol. The van der Waals surface area contributed by atoms with Crippen LogP contribution in [0.2, 0.25) is 5.02 Å². The van der Waals surface area contributed by atoms with E-state index in [9.17, 15) is 0 Å². The molecule has 1 N–H and O–H groups in total. The zero-order valence-corrected chi connectivity index (χ0v) is 10.4. The van der Waals surface area contributed by atoms with Crippen molar-refractivity contribution in [3.05, 3.63) is 23.2 Å². The molecular weight excluding hydrogens is 238 g/mol. The largest absolute Gasteiger partial charge is 0.485 e. The second kappa shape index (κ2) is 4.39. The van der Waals surface area contributed by atoms with Crippen LogP contribution in [0.25, 0.3) is 0 Å². The van der Waals surface area contributed by atoms with Crippen LogP contribution in [0.5, 0.6) is 5.75 Å². The van der Waals surface area contributed by atoms with E-state index in [1.165, 1.54) is 0 Å². The molecule has 17 heavy (non-hydrogen) atoms. The maximum atomic E-state index is 6.24. The Labute approximate surface area is 106 Å². The van der Waals surface area contributed by atoms with Crippen molar-refractivity contribution in [2.24, 2.45) is 0 Å². The fraction of sp³-hybridized carbons (Fsp3) is 0.538. The van der Waals surface area contributed by atoms with Gasteiger partial charge in [0, 0.05) is 30.8 Å². The summed E-state index contributed by atoms with van der Waals surface area (Å²) in [6, 6.07) is 5.75. The minimum Gasteiger partial charge on any atom is -0.485 e. The number of benzene rings is 1. The summed E-state index contributed by atoms with van der Waals surface area (Å²) in [5.74, 6) is 0.911. The number of rotatable bonds is 0. The highest BCUT2D eigenvalue weighted by Gasteiger charge is 2.36. The van der Waals surface area contributed by atoms with Gasteiger partial charge in [-0.05, 0) is 18.2 Å². The summed E-state index contributed by atoms with van der Waals surface area (Å²) < 4.78 is 11.7. The highest BCUT2D eigenvalue weighted by molar-refractivity contribution is 6.30. The molecule has 1 fully saturated rings. The Morgan fingerprint density at radius 3 is 2.82 bits per heavy atom. The van der Waals surface area contributed by atoms with Gasteiger partial charge in [0.2, 0.25) is 0 Å². The van der Waals surface area contributed by atoms with Crippen LogP contribution >= 0.6 is 11.6 Å². The molecule has 2 heterocycles. The van der Waals surface area contributed by atoms with Gasteiger partial charge in [0.15, 0.2) is 0 Å². The number of anilines is 1. The zero-order chi connectivity index (χ0) is 11.7. The molecule has 1 aromatic carbocycles. The first kappa shape index (κ1) is 11.2. The minimum atomic E-state index is -0.0513. The Morgan fingerprint density at radius 2 is 2.00 bits per heavy atom. The lowest BCUT2D eigenvalue weighted by molar-refractivity contribution is -0.0465. The molecule has 4 heteroatoms. The van der Waals surface area contributed by atoms with E-state index in [1.54, 1.807) is 0 Å². The van der Waals surface area contributed by atoms with E-state index in [0.29, 0.717) is 0 Å². The van der Waals surface area contributed by atoms with Gasteiger partial charge >= 0.3 is 0 Å². The van der Waals surface area contributed by atoms with E-state index in [-0.39, 0.29) is 5.60 Å². The van der Waals surface area contributed by atoms with Gasteiger partial charge in [-0.25, -0.2) is 0 Å². The maximum Gasteiger partial charge on any atom is 0.143 e. The molecule has 1 aromatic rings. The number of ether oxygens (including phenoxy) is 2. The van der Waals surface area contributed by atoms with Gasteiger partial charge in [0.25, 0.3) is 0 Å². The molecule has 0 radical (unpaired) electrons. The van der Waals surface area contributed by atoms with Crippen molar-refractivity contribution >= 4 is 17.3 Å². The van der Waals surface area contributed by atoms with Gasteiger partial charge < -0.3 is 14.8 Å². The average Bonchev–Trinajstić information content (AvgIpc) is 2.49. The van der Waals surface area contributed by atoms with Crippen LogP contribution in [0, 0.1) is 0 Å². The fourth-order valence-corrected chi connectivity index (χ4v) is 2.71. The normalized spacial score (nSPS) is 22.2. The number of nitrogens with one attached hydrogen (secondary N) is 1. The van der Waals surface area contributed by atoms with E-state index in [0.717, 1.165) is 55.5 Å². The number of hydrogen-bond acceptors (Lipinski definition) is 3. The Kier molecular flexibility index (Phi) is 2.89. The van der Waals surface area contributed by atoms with Crippen LogP contribution in [-0.4, -0.2) is 25.4 Å². The Balaban J connectivity index is 1.90. The van der Waals surface area contributed by atoms with Gasteiger partial charge in [-0.1, -0.05) is 11.6 Å². The van der Waals surface area contributed by atoms with Crippen LogP contribution in [0.15, 0.2) is 18.2 Å². The molecule has 0 saturated carbocycles. The van der Waals surface area contributed by atoms with Gasteiger partial charge in [-0.15, -0.1) is 0 Å². The topological polar surface area (TPSA) is 30.5 Å². The van der Waals surface area contributed by atoms with Gasteiger partial charge in [-0.2, -0.15) is 0 Å². The number of halogens is 1. The van der Waals surface area contributed by atoms with Gasteiger partial charge in [0.1, 0.15) is 11.4 Å². The van der Waals surface area contributed by atoms with E-state index in [1.807, 2.05) is 18.2 Å². The highest BCUT2D eigenvalue weighted by atomic mass is 35.5. The van der Waals surface area contributed by atoms with Gasteiger partial charge in [0.05, 0.1) is 18.9 Å². The van der Waals surface area contributed by atoms with Gasteiger partial charge in [-0.3, -0.25) is 0 Å². The Morgan fingerprint density at radius 1 is 1.18 bits per heavy atom. The summed E-state index contributed by atoms with van der Waals surface area (Å²) in [6.07, 6.45) is 2.95. The van der Waals surface area contributed by atoms with Crippen molar-refractivity contribution in [2.45, 2.75) is 24.9 Å². The molecule has 1 spiro atoms. The Hall–Kier alpha value is -0.930. The fourth-order valence-electron chi connectivity index (χ4n) is 2.53. The quantitative estimate of drug-likeness (QED) is 0.771. The molecule has 0 aromatic heterocycles. The summed E-state index contributed by atoms with van der Waals surface area (Å²) >= 11 is 5.99. The predicted molar refractivity (Wildman–Crippen MR) is 68.0 cm³/mol. The molecule has 0 amide bonds. The molecule has 0 unspecified atom stereocenters. The molecule has 1 saturated heterocycles. The Bertz CT molecular complexity index is 416. The molecule has 2 aliphatic rings. The summed E-state index contributed by atoms with van der Waals surface area (Å²) in [6.45, 7) is 2.51. The van der Waals surface area contributed by atoms with E-state index in [2.05, 4.69) is 5.32 Å². The standard InChI is InChI=1S/C13H16ClNO2/c14-10-1-2-12-11(9-10)15-6-3-13(17-12)4-7-16-8-5-13/h1-2,9,15H,3-8H2. The van der Waals surface area contributed by atoms with Crippen molar-refractivity contribution in [2.75, 3.05) is 25.1 Å². The van der Waals surface area contributed by atoms with E-state index in [4.69, 9.17) is 21.1 Å². The summed E-state index contributed by atoms with van der Waals surface area (Å²) in [5.41, 5.74) is 0.950. The summed E-state index contributed by atoms with van der Waals surface area (Å²) in [7, 11) is 0. The third kappa shape index (κ3) is 2.22. The lowest BCUT2D eigenvalue weighted by atomic mass is 9.90. The summed E-state index contributed by atoms with van der Waals surface area (Å²) in [5, 5.41) is 4.13. The minimum absolute atomic E-state index is 0.0513. The third-order valence-corrected chi connectivity index (χ3v) is 3.80. The smallest absolute Gasteiger partial charge is 0.143 e.